The van der Waals surface area contributed by atoms with E-state index in [-0.39, 0.29) is 11.7 Å². The third-order valence-electron chi connectivity index (χ3n) is 4.43. The molecule has 4 rings (SSSR count). The Kier molecular flexibility index (Phi) is 5.97. The minimum atomic E-state index is -0.229. The molecule has 0 radical (unpaired) electrons. The average Bonchev–Trinajstić information content (AvgIpc) is 3.29. The highest BCUT2D eigenvalue weighted by atomic mass is 79.9. The number of nitrogens with zero attached hydrogens (tertiary/aromatic N) is 1. The first-order valence-corrected chi connectivity index (χ1v) is 11.2. The lowest BCUT2D eigenvalue weighted by Crippen LogP contribution is -2.27. The number of halogens is 2. The summed E-state index contributed by atoms with van der Waals surface area (Å²) in [5, 5.41) is 0.497. The summed E-state index contributed by atoms with van der Waals surface area (Å²) in [6.07, 6.45) is 1.67. The van der Waals surface area contributed by atoms with E-state index in [1.54, 1.807) is 42.5 Å². The Bertz CT molecular complexity index is 1220. The quantitative estimate of drug-likeness (QED) is 0.212. The van der Waals surface area contributed by atoms with Crippen molar-refractivity contribution in [2.24, 2.45) is 0 Å². The fourth-order valence-electron chi connectivity index (χ4n) is 2.90. The van der Waals surface area contributed by atoms with Gasteiger partial charge in [0.2, 0.25) is 0 Å². The van der Waals surface area contributed by atoms with Crippen LogP contribution in [-0.4, -0.2) is 16.0 Å². The molecule has 4 nitrogen and oxygen atoms in total. The van der Waals surface area contributed by atoms with Crippen molar-refractivity contribution in [1.29, 1.82) is 0 Å². The number of amides is 1. The van der Waals surface area contributed by atoms with E-state index in [4.69, 9.17) is 28.2 Å². The molecule has 1 aliphatic rings. The molecule has 0 N–H and O–H groups in total. The Morgan fingerprint density at radius 2 is 1.90 bits per heavy atom. The van der Waals surface area contributed by atoms with Crippen LogP contribution in [0.1, 0.15) is 23.0 Å². The summed E-state index contributed by atoms with van der Waals surface area (Å²) < 4.78 is 7.05. The Hall–Kier alpha value is -2.19. The summed E-state index contributed by atoms with van der Waals surface area (Å²) in [5.74, 6) is 0.962. The van der Waals surface area contributed by atoms with Gasteiger partial charge in [-0.25, -0.2) is 0 Å². The molecule has 150 valence electrons. The molecule has 0 bridgehead atoms. The van der Waals surface area contributed by atoms with Gasteiger partial charge in [0.1, 0.15) is 11.5 Å². The van der Waals surface area contributed by atoms with Crippen LogP contribution in [0.5, 0.6) is 0 Å². The summed E-state index contributed by atoms with van der Waals surface area (Å²) in [6.45, 7) is 1.53. The molecule has 0 atom stereocenters. The van der Waals surface area contributed by atoms with E-state index in [2.05, 4.69) is 15.9 Å². The molecule has 8 heteroatoms. The number of ketones is 1. The lowest BCUT2D eigenvalue weighted by molar-refractivity contribution is -0.113. The van der Waals surface area contributed by atoms with Gasteiger partial charge in [0.25, 0.3) is 5.91 Å². The lowest BCUT2D eigenvalue weighted by atomic mass is 10.1. The van der Waals surface area contributed by atoms with Gasteiger partial charge in [-0.1, -0.05) is 59.8 Å². The maximum atomic E-state index is 12.9. The molecule has 0 saturated carbocycles. The maximum absolute atomic E-state index is 12.9. The molecule has 1 saturated heterocycles. The number of benzene rings is 2. The topological polar surface area (TPSA) is 50.5 Å². The van der Waals surface area contributed by atoms with Gasteiger partial charge in [-0.2, -0.15) is 0 Å². The van der Waals surface area contributed by atoms with Crippen molar-refractivity contribution in [2.45, 2.75) is 6.92 Å². The summed E-state index contributed by atoms with van der Waals surface area (Å²) in [5.41, 5.74) is 2.10. The second-order valence-electron chi connectivity index (χ2n) is 6.45. The van der Waals surface area contributed by atoms with E-state index in [1.807, 2.05) is 18.2 Å². The average molecular weight is 519 g/mol. The molecule has 1 fully saturated rings. The highest BCUT2D eigenvalue weighted by Crippen LogP contribution is 2.38. The van der Waals surface area contributed by atoms with E-state index >= 15 is 0 Å². The van der Waals surface area contributed by atoms with Gasteiger partial charge >= 0.3 is 0 Å². The number of carbonyl (C=O) groups is 2. The Morgan fingerprint density at radius 3 is 2.57 bits per heavy atom. The van der Waals surface area contributed by atoms with Crippen LogP contribution in [0.2, 0.25) is 5.02 Å². The van der Waals surface area contributed by atoms with Crippen molar-refractivity contribution in [1.82, 2.24) is 0 Å². The molecular weight excluding hydrogens is 506 g/mol. The van der Waals surface area contributed by atoms with Crippen molar-refractivity contribution >= 4 is 79.3 Å². The minimum Gasteiger partial charge on any atom is -0.457 e. The standard InChI is InChI=1S/C22H13BrClNO3S2/c1-12(26)13-2-4-14(5-3-13)19-9-7-16(28-19)11-20-21(27)25(22(29)30-20)15-6-8-17(23)18(24)10-15/h2-11H,1H3/b20-11+. The molecule has 1 aromatic heterocycles. The molecular formula is C22H13BrClNO3S2. The van der Waals surface area contributed by atoms with Crippen LogP contribution in [0, 0.1) is 0 Å². The van der Waals surface area contributed by atoms with Gasteiger partial charge in [-0.05, 0) is 53.2 Å². The molecule has 1 amide bonds. The van der Waals surface area contributed by atoms with Gasteiger partial charge < -0.3 is 4.42 Å². The zero-order valence-corrected chi connectivity index (χ0v) is 19.5. The highest BCUT2D eigenvalue weighted by Gasteiger charge is 2.33. The normalized spacial score (nSPS) is 15.3. The van der Waals surface area contributed by atoms with Crippen molar-refractivity contribution < 1.29 is 14.0 Å². The largest absolute Gasteiger partial charge is 0.457 e. The molecule has 0 unspecified atom stereocenters. The molecule has 3 aromatic rings. The molecule has 30 heavy (non-hydrogen) atoms. The zero-order valence-electron chi connectivity index (χ0n) is 15.5. The Morgan fingerprint density at radius 1 is 1.17 bits per heavy atom. The summed E-state index contributed by atoms with van der Waals surface area (Å²) in [7, 11) is 0. The van der Waals surface area contributed by atoms with Crippen LogP contribution < -0.4 is 4.90 Å². The number of thioether (sulfide) groups is 1. The number of rotatable bonds is 4. The van der Waals surface area contributed by atoms with Crippen molar-refractivity contribution in [2.75, 3.05) is 4.90 Å². The van der Waals surface area contributed by atoms with E-state index < -0.39 is 0 Å². The predicted molar refractivity (Wildman–Crippen MR) is 129 cm³/mol. The molecule has 2 heterocycles. The van der Waals surface area contributed by atoms with E-state index in [9.17, 15) is 9.59 Å². The first-order chi connectivity index (χ1) is 14.3. The number of thiocarbonyl (C=S) groups is 1. The number of Topliss-reactive ketones (excluding diaryl/α,β-unsaturated/α-hetero) is 1. The molecule has 1 aliphatic heterocycles. The smallest absolute Gasteiger partial charge is 0.270 e. The van der Waals surface area contributed by atoms with E-state index in [0.29, 0.717) is 37.0 Å². The maximum Gasteiger partial charge on any atom is 0.270 e. The minimum absolute atomic E-state index is 0.00997. The second-order valence-corrected chi connectivity index (χ2v) is 9.39. The summed E-state index contributed by atoms with van der Waals surface area (Å²) in [4.78, 5) is 26.3. The van der Waals surface area contributed by atoms with Crippen molar-refractivity contribution in [3.8, 4) is 11.3 Å². The number of carbonyl (C=O) groups excluding carboxylic acids is 2. The van der Waals surface area contributed by atoms with Crippen LogP contribution in [0.3, 0.4) is 0 Å². The summed E-state index contributed by atoms with van der Waals surface area (Å²) in [6, 6.07) is 16.0. The fraction of sp³-hybridized carbons (Fsp3) is 0.0455. The Labute approximate surface area is 196 Å². The molecule has 0 aliphatic carbocycles. The first-order valence-electron chi connectivity index (χ1n) is 8.78. The lowest BCUT2D eigenvalue weighted by Gasteiger charge is -2.15. The number of anilines is 1. The van der Waals surface area contributed by atoms with Crippen LogP contribution in [0.15, 0.2) is 68.4 Å². The number of furan rings is 1. The van der Waals surface area contributed by atoms with E-state index in [1.165, 1.54) is 23.6 Å². The highest BCUT2D eigenvalue weighted by molar-refractivity contribution is 9.10. The molecule has 0 spiro atoms. The third-order valence-corrected chi connectivity index (χ3v) is 6.97. The first kappa shape index (κ1) is 21.1. The molecule has 2 aromatic carbocycles. The SMILES string of the molecule is CC(=O)c1ccc(-c2ccc(/C=C3/SC(=S)N(c4ccc(Br)c(Cl)c4)C3=O)o2)cc1. The predicted octanol–water partition coefficient (Wildman–Crippen LogP) is 6.97. The Balaban J connectivity index is 1.58. The second kappa shape index (κ2) is 8.51. The fourth-order valence-corrected chi connectivity index (χ4v) is 4.60. The van der Waals surface area contributed by atoms with Gasteiger partial charge in [-0.15, -0.1) is 0 Å². The van der Waals surface area contributed by atoms with Gasteiger partial charge in [-0.3, -0.25) is 14.5 Å². The number of hydrogen-bond donors (Lipinski definition) is 0. The third kappa shape index (κ3) is 4.16. The summed E-state index contributed by atoms with van der Waals surface area (Å²) >= 11 is 16.1. The van der Waals surface area contributed by atoms with Crippen LogP contribution in [0.4, 0.5) is 5.69 Å². The zero-order chi connectivity index (χ0) is 21.4. The van der Waals surface area contributed by atoms with Gasteiger partial charge in [0.15, 0.2) is 10.1 Å². The van der Waals surface area contributed by atoms with Gasteiger partial charge in [0, 0.05) is 21.7 Å². The number of hydrogen-bond acceptors (Lipinski definition) is 5. The van der Waals surface area contributed by atoms with Crippen LogP contribution in [0.25, 0.3) is 17.4 Å². The van der Waals surface area contributed by atoms with Crippen molar-refractivity contribution in [3.63, 3.8) is 0 Å². The van der Waals surface area contributed by atoms with Crippen LogP contribution >= 0.6 is 51.5 Å². The van der Waals surface area contributed by atoms with Crippen molar-refractivity contribution in [3.05, 3.63) is 80.3 Å². The monoisotopic (exact) mass is 517 g/mol. The van der Waals surface area contributed by atoms with Crippen LogP contribution in [-0.2, 0) is 4.79 Å². The van der Waals surface area contributed by atoms with E-state index in [0.717, 1.165) is 10.0 Å². The van der Waals surface area contributed by atoms with Gasteiger partial charge in [0.05, 0.1) is 15.6 Å².